The van der Waals surface area contributed by atoms with Gasteiger partial charge in [-0.15, -0.1) is 0 Å². The van der Waals surface area contributed by atoms with Gasteiger partial charge in [-0.1, -0.05) is 80.1 Å². The average molecular weight is 504 g/mol. The van der Waals surface area contributed by atoms with Crippen molar-refractivity contribution in [1.29, 1.82) is 0 Å². The smallest absolute Gasteiger partial charge is 0.123 e. The average Bonchev–Trinajstić information content (AvgIpc) is 2.85. The van der Waals surface area contributed by atoms with E-state index < -0.39 is 0 Å². The zero-order chi connectivity index (χ0) is 26.1. The number of nitrogens with zero attached hydrogens (tertiary/aromatic N) is 3. The maximum atomic E-state index is 13.6. The van der Waals surface area contributed by atoms with Crippen LogP contribution in [-0.4, -0.2) is 21.4 Å². The molecular formula is C31H35ClFN3. The predicted octanol–water partition coefficient (Wildman–Crippen LogP) is 7.98. The molecule has 0 amide bonds. The van der Waals surface area contributed by atoms with Crippen LogP contribution >= 0.6 is 11.6 Å². The zero-order valence-electron chi connectivity index (χ0n) is 21.6. The van der Waals surface area contributed by atoms with E-state index in [-0.39, 0.29) is 11.2 Å². The normalized spacial score (nSPS) is 12.2. The lowest BCUT2D eigenvalue weighted by atomic mass is 9.77. The summed E-state index contributed by atoms with van der Waals surface area (Å²) in [4.78, 5) is 11.7. The lowest BCUT2D eigenvalue weighted by molar-refractivity contribution is 0.252. The molecule has 0 aliphatic rings. The number of pyridine rings is 2. The first kappa shape index (κ1) is 27.5. The molecule has 0 spiro atoms. The molecule has 5 heteroatoms. The van der Waals surface area contributed by atoms with Crippen LogP contribution in [0.3, 0.4) is 0 Å². The van der Waals surface area contributed by atoms with Gasteiger partial charge in [0.25, 0.3) is 0 Å². The van der Waals surface area contributed by atoms with E-state index in [1.807, 2.05) is 68.6 Å². The molecule has 0 fully saturated rings. The Morgan fingerprint density at radius 1 is 1.08 bits per heavy atom. The van der Waals surface area contributed by atoms with Crippen molar-refractivity contribution < 1.29 is 4.39 Å². The Kier molecular flexibility index (Phi) is 9.74. The van der Waals surface area contributed by atoms with Crippen LogP contribution in [0.1, 0.15) is 55.3 Å². The lowest BCUT2D eigenvalue weighted by Crippen LogP contribution is -2.29. The number of halogens is 2. The second kappa shape index (κ2) is 12.8. The van der Waals surface area contributed by atoms with Crippen molar-refractivity contribution in [2.75, 3.05) is 6.54 Å². The standard InChI is InChI=1S/C31H35ClFN3/c1-6-7-8-10-23(2)16-18-36(21-29-24(3)19-26(32)20-35-29)22-30-28(11-9-17-34-30)31(4,5)25-12-14-27(33)15-13-25/h6-15,17,19-20H,2,16,18,21-22H2,1,3-5H3/b7-6-,10-8-. The van der Waals surface area contributed by atoms with E-state index in [4.69, 9.17) is 16.6 Å². The van der Waals surface area contributed by atoms with Crippen molar-refractivity contribution in [3.05, 3.63) is 130 Å². The molecule has 0 bridgehead atoms. The molecule has 0 atom stereocenters. The van der Waals surface area contributed by atoms with E-state index in [1.54, 1.807) is 6.20 Å². The van der Waals surface area contributed by atoms with Gasteiger partial charge in [0.2, 0.25) is 0 Å². The number of hydrogen-bond acceptors (Lipinski definition) is 3. The highest BCUT2D eigenvalue weighted by Crippen LogP contribution is 2.33. The first-order valence-corrected chi connectivity index (χ1v) is 12.6. The van der Waals surface area contributed by atoms with Crippen molar-refractivity contribution >= 4 is 11.6 Å². The molecule has 2 heterocycles. The second-order valence-electron chi connectivity index (χ2n) is 9.55. The largest absolute Gasteiger partial charge is 0.291 e. The minimum Gasteiger partial charge on any atom is -0.291 e. The van der Waals surface area contributed by atoms with Gasteiger partial charge < -0.3 is 0 Å². The molecule has 188 valence electrons. The molecule has 0 aliphatic heterocycles. The van der Waals surface area contributed by atoms with Crippen LogP contribution in [0.2, 0.25) is 5.02 Å². The van der Waals surface area contributed by atoms with Crippen LogP contribution in [0, 0.1) is 12.7 Å². The van der Waals surface area contributed by atoms with Gasteiger partial charge in [-0.25, -0.2) is 4.39 Å². The Morgan fingerprint density at radius 3 is 2.50 bits per heavy atom. The monoisotopic (exact) mass is 503 g/mol. The van der Waals surface area contributed by atoms with Crippen LogP contribution in [0.25, 0.3) is 0 Å². The maximum absolute atomic E-state index is 13.6. The van der Waals surface area contributed by atoms with Crippen molar-refractivity contribution in [2.24, 2.45) is 0 Å². The third-order valence-corrected chi connectivity index (χ3v) is 6.62. The lowest BCUT2D eigenvalue weighted by Gasteiger charge is -2.30. The third kappa shape index (κ3) is 7.46. The van der Waals surface area contributed by atoms with Crippen LogP contribution in [0.5, 0.6) is 0 Å². The first-order chi connectivity index (χ1) is 17.2. The van der Waals surface area contributed by atoms with Gasteiger partial charge in [0.15, 0.2) is 0 Å². The predicted molar refractivity (Wildman–Crippen MR) is 149 cm³/mol. The number of allylic oxidation sites excluding steroid dienone is 4. The summed E-state index contributed by atoms with van der Waals surface area (Å²) in [5.74, 6) is -0.235. The Labute approximate surface area is 220 Å². The molecule has 0 unspecified atom stereocenters. The SMILES string of the molecule is C=C(/C=C\C=C/C)CCN(Cc1ncc(Cl)cc1C)Cc1ncccc1C(C)(C)c1ccc(F)cc1. The summed E-state index contributed by atoms with van der Waals surface area (Å²) in [6.07, 6.45) is 12.4. The summed E-state index contributed by atoms with van der Waals surface area (Å²) in [6.45, 7) is 14.7. The fraction of sp³-hybridized carbons (Fsp3) is 0.290. The summed E-state index contributed by atoms with van der Waals surface area (Å²) in [5, 5.41) is 0.637. The van der Waals surface area contributed by atoms with Crippen molar-refractivity contribution in [1.82, 2.24) is 14.9 Å². The van der Waals surface area contributed by atoms with Crippen molar-refractivity contribution in [2.45, 2.75) is 52.6 Å². The Balaban J connectivity index is 1.90. The van der Waals surface area contributed by atoms with Gasteiger partial charge >= 0.3 is 0 Å². The van der Waals surface area contributed by atoms with Crippen molar-refractivity contribution in [3.63, 3.8) is 0 Å². The summed E-state index contributed by atoms with van der Waals surface area (Å²) in [6, 6.07) is 12.8. The number of aryl methyl sites for hydroxylation is 1. The van der Waals surface area contributed by atoms with Gasteiger partial charge in [-0.3, -0.25) is 14.9 Å². The molecule has 0 radical (unpaired) electrons. The van der Waals surface area contributed by atoms with E-state index in [0.717, 1.165) is 46.6 Å². The van der Waals surface area contributed by atoms with Crippen LogP contribution < -0.4 is 0 Å². The topological polar surface area (TPSA) is 29.0 Å². The van der Waals surface area contributed by atoms with Gasteiger partial charge in [-0.05, 0) is 61.2 Å². The maximum Gasteiger partial charge on any atom is 0.123 e. The summed E-state index contributed by atoms with van der Waals surface area (Å²) >= 11 is 6.15. The van der Waals surface area contributed by atoms with Crippen LogP contribution in [0.15, 0.2) is 91.3 Å². The number of aromatic nitrogens is 2. The summed E-state index contributed by atoms with van der Waals surface area (Å²) < 4.78 is 13.6. The third-order valence-electron chi connectivity index (χ3n) is 6.41. The molecule has 3 nitrogen and oxygen atoms in total. The number of hydrogen-bond donors (Lipinski definition) is 0. The summed E-state index contributed by atoms with van der Waals surface area (Å²) in [5.41, 5.74) is 5.93. The van der Waals surface area contributed by atoms with E-state index in [0.29, 0.717) is 18.1 Å². The van der Waals surface area contributed by atoms with E-state index in [9.17, 15) is 4.39 Å². The van der Waals surface area contributed by atoms with Gasteiger partial charge in [0, 0.05) is 37.4 Å². The van der Waals surface area contributed by atoms with Gasteiger partial charge in [-0.2, -0.15) is 0 Å². The Morgan fingerprint density at radius 2 is 1.81 bits per heavy atom. The highest BCUT2D eigenvalue weighted by Gasteiger charge is 2.27. The van der Waals surface area contributed by atoms with Crippen molar-refractivity contribution in [3.8, 4) is 0 Å². The van der Waals surface area contributed by atoms with E-state index in [2.05, 4.69) is 36.4 Å². The number of benzene rings is 1. The van der Waals surface area contributed by atoms with Gasteiger partial charge in [0.05, 0.1) is 16.4 Å². The highest BCUT2D eigenvalue weighted by molar-refractivity contribution is 6.30. The minimum absolute atomic E-state index is 0.235. The van der Waals surface area contributed by atoms with Crippen LogP contribution in [-0.2, 0) is 18.5 Å². The molecule has 3 aromatic rings. The second-order valence-corrected chi connectivity index (χ2v) is 9.99. The van der Waals surface area contributed by atoms with Gasteiger partial charge in [0.1, 0.15) is 5.82 Å². The first-order valence-electron chi connectivity index (χ1n) is 12.2. The summed E-state index contributed by atoms with van der Waals surface area (Å²) in [7, 11) is 0. The molecular weight excluding hydrogens is 469 g/mol. The van der Waals surface area contributed by atoms with E-state index >= 15 is 0 Å². The molecule has 0 aliphatic carbocycles. The molecule has 0 saturated heterocycles. The van der Waals surface area contributed by atoms with Crippen LogP contribution in [0.4, 0.5) is 4.39 Å². The zero-order valence-corrected chi connectivity index (χ0v) is 22.4. The molecule has 36 heavy (non-hydrogen) atoms. The molecule has 1 aromatic carbocycles. The number of rotatable bonds is 11. The molecule has 2 aromatic heterocycles. The minimum atomic E-state index is -0.337. The fourth-order valence-electron chi connectivity index (χ4n) is 4.21. The highest BCUT2D eigenvalue weighted by atomic mass is 35.5. The molecule has 0 N–H and O–H groups in total. The fourth-order valence-corrected chi connectivity index (χ4v) is 4.43. The molecule has 3 rings (SSSR count). The van der Waals surface area contributed by atoms with E-state index in [1.165, 1.54) is 12.1 Å². The molecule has 0 saturated carbocycles. The quantitative estimate of drug-likeness (QED) is 0.248. The Bertz CT molecular complexity index is 1230. The Hall–Kier alpha value is -3.08.